The highest BCUT2D eigenvalue weighted by Gasteiger charge is 2.23. The van der Waals surface area contributed by atoms with Gasteiger partial charge >= 0.3 is 0 Å². The standard InChI is InChI=1S/C14H14N4O2S/c19-13(8-21-12-3-1-2-5-15-12)18-6-4-10-11(7-18)16-9-17-14(10)20/h1-3,5,9H,4,6-8H2,(H,16,17,20). The van der Waals surface area contributed by atoms with E-state index in [0.717, 1.165) is 5.03 Å². The third-order valence-corrected chi connectivity index (χ3v) is 4.27. The van der Waals surface area contributed by atoms with Gasteiger partial charge in [-0.25, -0.2) is 9.97 Å². The van der Waals surface area contributed by atoms with Crippen molar-refractivity contribution in [1.29, 1.82) is 0 Å². The lowest BCUT2D eigenvalue weighted by atomic mass is 10.1. The Kier molecular flexibility index (Phi) is 4.01. The second-order valence-corrected chi connectivity index (χ2v) is 5.67. The maximum Gasteiger partial charge on any atom is 0.254 e. The van der Waals surface area contributed by atoms with E-state index in [4.69, 9.17) is 0 Å². The van der Waals surface area contributed by atoms with Crippen molar-refractivity contribution in [2.24, 2.45) is 0 Å². The minimum absolute atomic E-state index is 0.0402. The molecule has 0 saturated carbocycles. The largest absolute Gasteiger partial charge is 0.336 e. The minimum Gasteiger partial charge on any atom is -0.336 e. The van der Waals surface area contributed by atoms with Crippen LogP contribution in [-0.2, 0) is 17.8 Å². The van der Waals surface area contributed by atoms with Crippen molar-refractivity contribution in [3.05, 3.63) is 52.3 Å². The Bertz CT molecular complexity index is 702. The molecule has 0 aromatic carbocycles. The lowest BCUT2D eigenvalue weighted by molar-refractivity contribution is -0.129. The van der Waals surface area contributed by atoms with Crippen molar-refractivity contribution in [2.45, 2.75) is 18.0 Å². The van der Waals surface area contributed by atoms with Crippen LogP contribution in [0.4, 0.5) is 0 Å². The summed E-state index contributed by atoms with van der Waals surface area (Å²) in [7, 11) is 0. The number of fused-ring (bicyclic) bond motifs is 1. The van der Waals surface area contributed by atoms with Crippen LogP contribution in [0.1, 0.15) is 11.3 Å². The number of pyridine rings is 1. The molecule has 7 heteroatoms. The predicted molar refractivity (Wildman–Crippen MR) is 78.9 cm³/mol. The van der Waals surface area contributed by atoms with Crippen molar-refractivity contribution in [3.63, 3.8) is 0 Å². The fourth-order valence-electron chi connectivity index (χ4n) is 2.24. The topological polar surface area (TPSA) is 79.0 Å². The lowest BCUT2D eigenvalue weighted by Gasteiger charge is -2.27. The van der Waals surface area contributed by atoms with Gasteiger partial charge in [-0.2, -0.15) is 0 Å². The van der Waals surface area contributed by atoms with Crippen LogP contribution in [0, 0.1) is 0 Å². The number of amides is 1. The Balaban J connectivity index is 1.63. The number of carbonyl (C=O) groups excluding carboxylic acids is 1. The van der Waals surface area contributed by atoms with Crippen molar-refractivity contribution < 1.29 is 4.79 Å². The first kappa shape index (κ1) is 13.8. The van der Waals surface area contributed by atoms with Crippen LogP contribution >= 0.6 is 11.8 Å². The average molecular weight is 302 g/mol. The molecule has 0 fully saturated rings. The number of nitrogens with one attached hydrogen (secondary N) is 1. The minimum atomic E-state index is -0.102. The summed E-state index contributed by atoms with van der Waals surface area (Å²) < 4.78 is 0. The Labute approximate surface area is 125 Å². The fraction of sp³-hybridized carbons (Fsp3) is 0.286. The monoisotopic (exact) mass is 302 g/mol. The molecule has 1 aliphatic heterocycles. The summed E-state index contributed by atoms with van der Waals surface area (Å²) in [6.45, 7) is 0.963. The van der Waals surface area contributed by atoms with Gasteiger partial charge in [0, 0.05) is 18.3 Å². The molecule has 0 saturated heterocycles. The second kappa shape index (κ2) is 6.09. The van der Waals surface area contributed by atoms with E-state index in [-0.39, 0.29) is 11.5 Å². The van der Waals surface area contributed by atoms with Gasteiger partial charge < -0.3 is 9.88 Å². The van der Waals surface area contributed by atoms with Crippen LogP contribution < -0.4 is 5.56 Å². The molecule has 0 radical (unpaired) electrons. The lowest BCUT2D eigenvalue weighted by Crippen LogP contribution is -2.39. The van der Waals surface area contributed by atoms with Crippen LogP contribution in [0.3, 0.4) is 0 Å². The van der Waals surface area contributed by atoms with Gasteiger partial charge in [0.15, 0.2) is 0 Å². The fourth-order valence-corrected chi connectivity index (χ4v) is 3.00. The predicted octanol–water partition coefficient (Wildman–Crippen LogP) is 0.842. The van der Waals surface area contributed by atoms with Crippen LogP contribution in [0.25, 0.3) is 0 Å². The first-order chi connectivity index (χ1) is 10.2. The number of H-pyrrole nitrogens is 1. The zero-order valence-corrected chi connectivity index (χ0v) is 12.1. The van der Waals surface area contributed by atoms with Gasteiger partial charge in [-0.3, -0.25) is 9.59 Å². The van der Waals surface area contributed by atoms with Gasteiger partial charge in [0.2, 0.25) is 5.91 Å². The average Bonchev–Trinajstić information content (AvgIpc) is 2.53. The van der Waals surface area contributed by atoms with Gasteiger partial charge in [-0.05, 0) is 18.6 Å². The van der Waals surface area contributed by atoms with Crippen molar-refractivity contribution in [1.82, 2.24) is 19.9 Å². The SMILES string of the molecule is O=C(CSc1ccccn1)N1CCc2c(nc[nH]c2=O)C1. The molecular weight excluding hydrogens is 288 g/mol. The normalized spacial score (nSPS) is 13.8. The molecule has 0 unspecified atom stereocenters. The third kappa shape index (κ3) is 3.13. The number of rotatable bonds is 3. The van der Waals surface area contributed by atoms with Crippen LogP contribution in [0.2, 0.25) is 0 Å². The summed E-state index contributed by atoms with van der Waals surface area (Å²) in [5.74, 6) is 0.383. The maximum atomic E-state index is 12.2. The van der Waals surface area contributed by atoms with E-state index in [1.54, 1.807) is 11.1 Å². The van der Waals surface area contributed by atoms with Crippen molar-refractivity contribution >= 4 is 17.7 Å². The highest BCUT2D eigenvalue weighted by Crippen LogP contribution is 2.18. The van der Waals surface area contributed by atoms with Gasteiger partial charge in [0.1, 0.15) is 0 Å². The van der Waals surface area contributed by atoms with E-state index in [2.05, 4.69) is 15.0 Å². The Morgan fingerprint density at radius 3 is 3.10 bits per heavy atom. The summed E-state index contributed by atoms with van der Waals surface area (Å²) in [6.07, 6.45) is 3.65. The molecule has 0 atom stereocenters. The number of aromatic nitrogens is 3. The highest BCUT2D eigenvalue weighted by atomic mass is 32.2. The Hall–Kier alpha value is -2.15. The summed E-state index contributed by atoms with van der Waals surface area (Å²) in [5, 5.41) is 0.831. The number of aromatic amines is 1. The molecule has 1 aliphatic rings. The van der Waals surface area contributed by atoms with Crippen molar-refractivity contribution in [3.8, 4) is 0 Å². The molecule has 108 valence electrons. The van der Waals surface area contributed by atoms with E-state index in [0.29, 0.717) is 36.5 Å². The molecule has 21 heavy (non-hydrogen) atoms. The molecule has 1 amide bonds. The Morgan fingerprint density at radius 1 is 1.38 bits per heavy atom. The number of hydrogen-bond donors (Lipinski definition) is 1. The van der Waals surface area contributed by atoms with Gasteiger partial charge in [-0.15, -0.1) is 0 Å². The second-order valence-electron chi connectivity index (χ2n) is 4.68. The van der Waals surface area contributed by atoms with E-state index in [1.165, 1.54) is 18.1 Å². The van der Waals surface area contributed by atoms with E-state index in [1.807, 2.05) is 18.2 Å². The number of carbonyl (C=O) groups is 1. The smallest absolute Gasteiger partial charge is 0.254 e. The zero-order chi connectivity index (χ0) is 14.7. The van der Waals surface area contributed by atoms with E-state index in [9.17, 15) is 9.59 Å². The molecule has 2 aromatic rings. The summed E-state index contributed by atoms with van der Waals surface area (Å²) in [5.41, 5.74) is 1.29. The number of thioether (sulfide) groups is 1. The Morgan fingerprint density at radius 2 is 2.29 bits per heavy atom. The quantitative estimate of drug-likeness (QED) is 0.850. The van der Waals surface area contributed by atoms with E-state index >= 15 is 0 Å². The van der Waals surface area contributed by atoms with Crippen molar-refractivity contribution in [2.75, 3.05) is 12.3 Å². The van der Waals surface area contributed by atoms with Crippen LogP contribution in [0.5, 0.6) is 0 Å². The van der Waals surface area contributed by atoms with Crippen LogP contribution in [-0.4, -0.2) is 38.1 Å². The molecule has 0 aliphatic carbocycles. The summed E-state index contributed by atoms with van der Waals surface area (Å²) in [4.78, 5) is 36.5. The van der Waals surface area contributed by atoms with E-state index < -0.39 is 0 Å². The number of hydrogen-bond acceptors (Lipinski definition) is 5. The van der Waals surface area contributed by atoms with Gasteiger partial charge in [-0.1, -0.05) is 17.8 Å². The molecule has 6 nitrogen and oxygen atoms in total. The van der Waals surface area contributed by atoms with Gasteiger partial charge in [0.05, 0.1) is 29.3 Å². The number of nitrogens with zero attached hydrogens (tertiary/aromatic N) is 3. The summed E-state index contributed by atoms with van der Waals surface area (Å²) >= 11 is 1.42. The molecule has 0 bridgehead atoms. The molecule has 1 N–H and O–H groups in total. The molecule has 2 aromatic heterocycles. The summed E-state index contributed by atoms with van der Waals surface area (Å²) in [6, 6.07) is 5.62. The molecule has 3 rings (SSSR count). The van der Waals surface area contributed by atoms with Crippen LogP contribution in [0.15, 0.2) is 40.5 Å². The molecular formula is C14H14N4O2S. The first-order valence-corrected chi connectivity index (χ1v) is 7.59. The first-order valence-electron chi connectivity index (χ1n) is 6.61. The third-order valence-electron chi connectivity index (χ3n) is 3.34. The maximum absolute atomic E-state index is 12.2. The van der Waals surface area contributed by atoms with Gasteiger partial charge in [0.25, 0.3) is 5.56 Å². The highest BCUT2D eigenvalue weighted by molar-refractivity contribution is 7.99. The molecule has 0 spiro atoms. The zero-order valence-electron chi connectivity index (χ0n) is 11.3. The molecule has 3 heterocycles.